The smallest absolute Gasteiger partial charge is 0.308 e. The Labute approximate surface area is 101 Å². The molecule has 1 heterocycles. The molecule has 1 aliphatic heterocycles. The summed E-state index contributed by atoms with van der Waals surface area (Å²) in [6.07, 6.45) is 2.92. The quantitative estimate of drug-likeness (QED) is 0.794. The van der Waals surface area contributed by atoms with Gasteiger partial charge in [-0.3, -0.25) is 9.59 Å². The minimum absolute atomic E-state index is 0.0544. The zero-order valence-corrected chi connectivity index (χ0v) is 10.4. The molecule has 0 aromatic carbocycles. The predicted octanol–water partition coefficient (Wildman–Crippen LogP) is 1.67. The van der Waals surface area contributed by atoms with Gasteiger partial charge in [0.15, 0.2) is 0 Å². The first-order valence-corrected chi connectivity index (χ1v) is 6.21. The molecule has 1 fully saturated rings. The maximum absolute atomic E-state index is 12.2. The molecule has 1 aliphatic carbocycles. The van der Waals surface area contributed by atoms with Crippen LogP contribution in [0.2, 0.25) is 0 Å². The van der Waals surface area contributed by atoms with E-state index in [1.807, 2.05) is 13.8 Å². The van der Waals surface area contributed by atoms with E-state index in [4.69, 9.17) is 5.11 Å². The third-order valence-electron chi connectivity index (χ3n) is 3.97. The van der Waals surface area contributed by atoms with E-state index in [1.165, 1.54) is 5.57 Å². The second kappa shape index (κ2) is 4.51. The second-order valence-electron chi connectivity index (χ2n) is 5.24. The highest BCUT2D eigenvalue weighted by Crippen LogP contribution is 2.30. The van der Waals surface area contributed by atoms with Crippen LogP contribution >= 0.6 is 0 Å². The Morgan fingerprint density at radius 1 is 1.29 bits per heavy atom. The number of hydrogen-bond acceptors (Lipinski definition) is 2. The van der Waals surface area contributed by atoms with E-state index in [0.29, 0.717) is 13.1 Å². The maximum atomic E-state index is 12.2. The molecule has 0 aromatic rings. The van der Waals surface area contributed by atoms with Crippen molar-refractivity contribution in [2.75, 3.05) is 13.1 Å². The number of carbonyl (C=O) groups is 2. The van der Waals surface area contributed by atoms with E-state index in [0.717, 1.165) is 24.8 Å². The third-order valence-corrected chi connectivity index (χ3v) is 3.97. The lowest BCUT2D eigenvalue weighted by molar-refractivity contribution is -0.142. The molecule has 0 spiro atoms. The maximum Gasteiger partial charge on any atom is 0.308 e. The molecule has 17 heavy (non-hydrogen) atoms. The van der Waals surface area contributed by atoms with Crippen LogP contribution in [0.25, 0.3) is 0 Å². The third kappa shape index (κ3) is 2.21. The molecule has 2 aliphatic rings. The van der Waals surface area contributed by atoms with Gasteiger partial charge in [0.25, 0.3) is 0 Å². The van der Waals surface area contributed by atoms with Crippen LogP contribution in [0.15, 0.2) is 11.1 Å². The molecule has 94 valence electrons. The first kappa shape index (κ1) is 12.1. The summed E-state index contributed by atoms with van der Waals surface area (Å²) < 4.78 is 0. The number of nitrogens with zero attached hydrogens (tertiary/aromatic N) is 1. The summed E-state index contributed by atoms with van der Waals surface area (Å²) in [6, 6.07) is 0. The number of carboxylic acid groups (broad SMARTS) is 1. The molecular formula is C13H19NO3. The van der Waals surface area contributed by atoms with E-state index >= 15 is 0 Å². The molecule has 0 radical (unpaired) electrons. The van der Waals surface area contributed by atoms with Gasteiger partial charge in [-0.2, -0.15) is 0 Å². The largest absolute Gasteiger partial charge is 0.481 e. The van der Waals surface area contributed by atoms with E-state index in [1.54, 1.807) is 4.90 Å². The summed E-state index contributed by atoms with van der Waals surface area (Å²) in [4.78, 5) is 25.0. The molecule has 2 rings (SSSR count). The number of carboxylic acids is 1. The average molecular weight is 237 g/mol. The molecule has 4 heteroatoms. The van der Waals surface area contributed by atoms with E-state index in [9.17, 15) is 9.59 Å². The van der Waals surface area contributed by atoms with Gasteiger partial charge in [0.1, 0.15) is 0 Å². The van der Waals surface area contributed by atoms with Crippen LogP contribution < -0.4 is 0 Å². The molecule has 0 aromatic heterocycles. The minimum atomic E-state index is -0.787. The zero-order chi connectivity index (χ0) is 12.6. The van der Waals surface area contributed by atoms with Gasteiger partial charge in [-0.1, -0.05) is 12.5 Å². The lowest BCUT2D eigenvalue weighted by Gasteiger charge is -2.17. The van der Waals surface area contributed by atoms with Crippen LogP contribution in [0.1, 0.15) is 33.1 Å². The van der Waals surface area contributed by atoms with Gasteiger partial charge in [0.05, 0.1) is 5.92 Å². The van der Waals surface area contributed by atoms with Crippen molar-refractivity contribution in [1.82, 2.24) is 4.90 Å². The van der Waals surface area contributed by atoms with Crippen LogP contribution in [0.5, 0.6) is 0 Å². The fourth-order valence-corrected chi connectivity index (χ4v) is 2.83. The summed E-state index contributed by atoms with van der Waals surface area (Å²) in [7, 11) is 0. The number of likely N-dealkylation sites (tertiary alicyclic amines) is 1. The average Bonchev–Trinajstić information content (AvgIpc) is 2.83. The standard InChI is InChI=1S/C13H19NO3/c1-8-4-3-5-10(8)12(15)14-6-9(2)11(7-14)13(16)17/h9,11H,3-7H2,1-2H3,(H,16,17)/t9-,11-/m1/s1. The van der Waals surface area contributed by atoms with Crippen molar-refractivity contribution in [3.8, 4) is 0 Å². The van der Waals surface area contributed by atoms with Gasteiger partial charge in [-0.15, -0.1) is 0 Å². The van der Waals surface area contributed by atoms with Crippen LogP contribution in [0, 0.1) is 11.8 Å². The highest BCUT2D eigenvalue weighted by Gasteiger charge is 2.38. The fraction of sp³-hybridized carbons (Fsp3) is 0.692. The number of aliphatic carboxylic acids is 1. The van der Waals surface area contributed by atoms with Crippen LogP contribution in [0.3, 0.4) is 0 Å². The molecule has 1 N–H and O–H groups in total. The minimum Gasteiger partial charge on any atom is -0.481 e. The number of carbonyl (C=O) groups excluding carboxylic acids is 1. The van der Waals surface area contributed by atoms with Gasteiger partial charge in [-0.05, 0) is 32.1 Å². The molecule has 0 saturated carbocycles. The lowest BCUT2D eigenvalue weighted by atomic mass is 9.99. The van der Waals surface area contributed by atoms with Gasteiger partial charge in [0.2, 0.25) is 5.91 Å². The Morgan fingerprint density at radius 2 is 2.00 bits per heavy atom. The first-order valence-electron chi connectivity index (χ1n) is 6.21. The number of allylic oxidation sites excluding steroid dienone is 1. The van der Waals surface area contributed by atoms with E-state index in [-0.39, 0.29) is 11.8 Å². The Balaban J connectivity index is 2.08. The summed E-state index contributed by atoms with van der Waals surface area (Å²) in [5, 5.41) is 9.05. The fourth-order valence-electron chi connectivity index (χ4n) is 2.83. The molecule has 1 saturated heterocycles. The van der Waals surface area contributed by atoms with Crippen molar-refractivity contribution in [2.24, 2.45) is 11.8 Å². The molecule has 2 atom stereocenters. The van der Waals surface area contributed by atoms with Gasteiger partial charge < -0.3 is 10.0 Å². The number of rotatable bonds is 2. The van der Waals surface area contributed by atoms with Gasteiger partial charge in [0, 0.05) is 18.7 Å². The van der Waals surface area contributed by atoms with Crippen molar-refractivity contribution in [2.45, 2.75) is 33.1 Å². The number of hydrogen-bond donors (Lipinski definition) is 1. The highest BCUT2D eigenvalue weighted by atomic mass is 16.4. The normalized spacial score (nSPS) is 28.9. The van der Waals surface area contributed by atoms with Gasteiger partial charge in [-0.25, -0.2) is 0 Å². The summed E-state index contributed by atoms with van der Waals surface area (Å²) in [5.74, 6) is -1.07. The van der Waals surface area contributed by atoms with Gasteiger partial charge >= 0.3 is 5.97 Å². The number of amides is 1. The molecule has 0 bridgehead atoms. The van der Waals surface area contributed by atoms with Crippen LogP contribution in [-0.4, -0.2) is 35.0 Å². The monoisotopic (exact) mass is 237 g/mol. The van der Waals surface area contributed by atoms with Crippen molar-refractivity contribution in [3.63, 3.8) is 0 Å². The summed E-state index contributed by atoms with van der Waals surface area (Å²) >= 11 is 0. The molecule has 4 nitrogen and oxygen atoms in total. The van der Waals surface area contributed by atoms with Crippen molar-refractivity contribution in [1.29, 1.82) is 0 Å². The molecule has 1 amide bonds. The highest BCUT2D eigenvalue weighted by molar-refractivity contribution is 5.95. The topological polar surface area (TPSA) is 57.6 Å². The SMILES string of the molecule is CC1=C(C(=O)N2C[C@@H](C)[C@H](C(=O)O)C2)CCC1. The predicted molar refractivity (Wildman–Crippen MR) is 63.4 cm³/mol. The van der Waals surface area contributed by atoms with Crippen LogP contribution in [0.4, 0.5) is 0 Å². The zero-order valence-electron chi connectivity index (χ0n) is 10.4. The Hall–Kier alpha value is -1.32. The lowest BCUT2D eigenvalue weighted by Crippen LogP contribution is -2.31. The Kier molecular flexibility index (Phi) is 3.22. The Bertz CT molecular complexity index is 386. The van der Waals surface area contributed by atoms with Crippen molar-refractivity contribution < 1.29 is 14.7 Å². The van der Waals surface area contributed by atoms with Crippen LogP contribution in [-0.2, 0) is 9.59 Å². The molecule has 0 unspecified atom stereocenters. The second-order valence-corrected chi connectivity index (χ2v) is 5.24. The Morgan fingerprint density at radius 3 is 2.47 bits per heavy atom. The van der Waals surface area contributed by atoms with Crippen molar-refractivity contribution >= 4 is 11.9 Å². The van der Waals surface area contributed by atoms with Crippen molar-refractivity contribution in [3.05, 3.63) is 11.1 Å². The first-order chi connectivity index (χ1) is 8.00. The van der Waals surface area contributed by atoms with E-state index < -0.39 is 11.9 Å². The summed E-state index contributed by atoms with van der Waals surface area (Å²) in [6.45, 7) is 4.86. The van der Waals surface area contributed by atoms with E-state index in [2.05, 4.69) is 0 Å². The molecular weight excluding hydrogens is 218 g/mol. The summed E-state index contributed by atoms with van der Waals surface area (Å²) in [5.41, 5.74) is 2.10.